The third kappa shape index (κ3) is 5.39. The van der Waals surface area contributed by atoms with Gasteiger partial charge in [-0.15, -0.1) is 0 Å². The first kappa shape index (κ1) is 22.1. The summed E-state index contributed by atoms with van der Waals surface area (Å²) in [7, 11) is 0. The van der Waals surface area contributed by atoms with Crippen LogP contribution in [0, 0.1) is 0 Å². The van der Waals surface area contributed by atoms with Crippen molar-refractivity contribution in [3.63, 3.8) is 0 Å². The van der Waals surface area contributed by atoms with Crippen LogP contribution in [-0.2, 0) is 11.3 Å². The van der Waals surface area contributed by atoms with Crippen LogP contribution < -0.4 is 4.74 Å². The van der Waals surface area contributed by atoms with Crippen LogP contribution in [0.4, 0.5) is 4.79 Å². The molecule has 0 bridgehead atoms. The van der Waals surface area contributed by atoms with Gasteiger partial charge >= 0.3 is 6.09 Å². The Hall–Kier alpha value is -3.09. The monoisotopic (exact) mass is 435 g/mol. The Morgan fingerprint density at radius 2 is 1.88 bits per heavy atom. The molecule has 168 valence electrons. The fraction of sp³-hybridized carbons (Fsp3) is 0.346. The Labute approximate surface area is 188 Å². The Morgan fingerprint density at radius 3 is 2.69 bits per heavy atom. The summed E-state index contributed by atoms with van der Waals surface area (Å²) in [4.78, 5) is 13.0. The van der Waals surface area contributed by atoms with E-state index in [1.165, 1.54) is 10.3 Å². The zero-order valence-electron chi connectivity index (χ0n) is 18.0. The molecule has 32 heavy (non-hydrogen) atoms. The SMILES string of the molecule is O=C(O)N1CCC(c2cccc(OCCCO)c2)C(OCc2ccc3ccccc3c2)C1. The molecule has 3 aromatic carbocycles. The highest BCUT2D eigenvalue weighted by atomic mass is 16.5. The van der Waals surface area contributed by atoms with Gasteiger partial charge in [0.25, 0.3) is 0 Å². The number of likely N-dealkylation sites (tertiary alicyclic amines) is 1. The highest BCUT2D eigenvalue weighted by Crippen LogP contribution is 2.33. The zero-order valence-corrected chi connectivity index (χ0v) is 18.0. The van der Waals surface area contributed by atoms with Gasteiger partial charge in [0.15, 0.2) is 0 Å². The summed E-state index contributed by atoms with van der Waals surface area (Å²) in [6.07, 6.45) is 0.107. The third-order valence-corrected chi connectivity index (χ3v) is 5.97. The van der Waals surface area contributed by atoms with Crippen molar-refractivity contribution in [1.82, 2.24) is 4.90 Å². The number of hydrogen-bond donors (Lipinski definition) is 2. The van der Waals surface area contributed by atoms with Crippen LogP contribution in [0.2, 0.25) is 0 Å². The van der Waals surface area contributed by atoms with E-state index in [0.717, 1.165) is 22.3 Å². The molecule has 3 aromatic rings. The van der Waals surface area contributed by atoms with E-state index < -0.39 is 6.09 Å². The van der Waals surface area contributed by atoms with E-state index >= 15 is 0 Å². The number of carbonyl (C=O) groups is 1. The van der Waals surface area contributed by atoms with Crippen LogP contribution in [0.25, 0.3) is 10.8 Å². The van der Waals surface area contributed by atoms with Gasteiger partial charge in [-0.3, -0.25) is 0 Å². The molecule has 1 aliphatic heterocycles. The van der Waals surface area contributed by atoms with Crippen LogP contribution in [0.1, 0.15) is 29.9 Å². The molecule has 0 spiro atoms. The van der Waals surface area contributed by atoms with Crippen molar-refractivity contribution in [3.05, 3.63) is 77.9 Å². The molecule has 2 atom stereocenters. The molecule has 0 aliphatic carbocycles. The summed E-state index contributed by atoms with van der Waals surface area (Å²) >= 11 is 0. The lowest BCUT2D eigenvalue weighted by Crippen LogP contribution is -2.46. The molecule has 1 heterocycles. The van der Waals surface area contributed by atoms with Crippen molar-refractivity contribution >= 4 is 16.9 Å². The van der Waals surface area contributed by atoms with Crippen molar-refractivity contribution in [1.29, 1.82) is 0 Å². The number of benzene rings is 3. The number of rotatable bonds is 8. The Bertz CT molecular complexity index is 1050. The molecule has 1 amide bonds. The number of ether oxygens (including phenoxy) is 2. The standard InChI is InChI=1S/C26H29NO5/c28-13-4-14-31-23-8-3-7-22(16-23)24-11-12-27(26(29)30)17-25(24)32-18-19-9-10-20-5-1-2-6-21(20)15-19/h1-3,5-10,15-16,24-25,28H,4,11-14,17-18H2,(H,29,30). The Balaban J connectivity index is 1.50. The maximum absolute atomic E-state index is 11.6. The van der Waals surface area contributed by atoms with E-state index in [9.17, 15) is 9.90 Å². The molecule has 6 heteroatoms. The second kappa shape index (κ2) is 10.5. The minimum Gasteiger partial charge on any atom is -0.493 e. The first-order valence-electron chi connectivity index (χ1n) is 11.0. The lowest BCUT2D eigenvalue weighted by atomic mass is 9.87. The maximum atomic E-state index is 11.6. The summed E-state index contributed by atoms with van der Waals surface area (Å²) in [5.41, 5.74) is 2.15. The average molecular weight is 436 g/mol. The fourth-order valence-corrected chi connectivity index (χ4v) is 4.26. The first-order chi connectivity index (χ1) is 15.6. The number of amides is 1. The van der Waals surface area contributed by atoms with Gasteiger partial charge in [-0.05, 0) is 46.5 Å². The highest BCUT2D eigenvalue weighted by Gasteiger charge is 2.33. The van der Waals surface area contributed by atoms with Gasteiger partial charge < -0.3 is 24.6 Å². The third-order valence-electron chi connectivity index (χ3n) is 5.97. The van der Waals surface area contributed by atoms with Crippen molar-refractivity contribution in [3.8, 4) is 5.75 Å². The van der Waals surface area contributed by atoms with Gasteiger partial charge in [0.2, 0.25) is 0 Å². The van der Waals surface area contributed by atoms with Gasteiger partial charge in [-0.2, -0.15) is 0 Å². The van der Waals surface area contributed by atoms with E-state index in [0.29, 0.717) is 39.1 Å². The summed E-state index contributed by atoms with van der Waals surface area (Å²) < 4.78 is 12.1. The lowest BCUT2D eigenvalue weighted by Gasteiger charge is -2.37. The van der Waals surface area contributed by atoms with Crippen LogP contribution in [-0.4, -0.2) is 53.6 Å². The predicted octanol–water partition coefficient (Wildman–Crippen LogP) is 4.65. The Morgan fingerprint density at radius 1 is 1.03 bits per heavy atom. The summed E-state index contributed by atoms with van der Waals surface area (Å²) in [5, 5.41) is 20.8. The van der Waals surface area contributed by atoms with E-state index in [2.05, 4.69) is 30.3 Å². The zero-order chi connectivity index (χ0) is 22.3. The lowest BCUT2D eigenvalue weighted by molar-refractivity contribution is -0.0199. The van der Waals surface area contributed by atoms with Gasteiger partial charge in [0.1, 0.15) is 5.75 Å². The summed E-state index contributed by atoms with van der Waals surface area (Å²) in [6.45, 7) is 1.79. The fourth-order valence-electron chi connectivity index (χ4n) is 4.26. The first-order valence-corrected chi connectivity index (χ1v) is 11.0. The van der Waals surface area contributed by atoms with Gasteiger partial charge in [0.05, 0.1) is 25.9 Å². The van der Waals surface area contributed by atoms with Crippen LogP contribution in [0.5, 0.6) is 5.75 Å². The Kier molecular flexibility index (Phi) is 7.24. The number of aliphatic hydroxyl groups is 1. The van der Waals surface area contributed by atoms with Crippen molar-refractivity contribution < 1.29 is 24.5 Å². The van der Waals surface area contributed by atoms with Crippen molar-refractivity contribution in [2.24, 2.45) is 0 Å². The molecule has 0 radical (unpaired) electrons. The maximum Gasteiger partial charge on any atom is 0.407 e. The largest absolute Gasteiger partial charge is 0.493 e. The second-order valence-corrected chi connectivity index (χ2v) is 8.15. The number of fused-ring (bicyclic) bond motifs is 1. The molecule has 2 N–H and O–H groups in total. The van der Waals surface area contributed by atoms with Gasteiger partial charge in [-0.25, -0.2) is 4.79 Å². The average Bonchev–Trinajstić information content (AvgIpc) is 2.83. The van der Waals surface area contributed by atoms with Crippen LogP contribution in [0.15, 0.2) is 66.7 Å². The minimum atomic E-state index is -0.913. The van der Waals surface area contributed by atoms with E-state index in [1.54, 1.807) is 0 Å². The van der Waals surface area contributed by atoms with E-state index in [4.69, 9.17) is 14.6 Å². The van der Waals surface area contributed by atoms with Crippen LogP contribution in [0.3, 0.4) is 0 Å². The molecule has 0 aromatic heterocycles. The number of carboxylic acid groups (broad SMARTS) is 1. The number of hydrogen-bond acceptors (Lipinski definition) is 4. The van der Waals surface area contributed by atoms with E-state index in [1.807, 2.05) is 36.4 Å². The highest BCUT2D eigenvalue weighted by molar-refractivity contribution is 5.82. The van der Waals surface area contributed by atoms with E-state index in [-0.39, 0.29) is 18.6 Å². The molecule has 2 unspecified atom stereocenters. The normalized spacial score (nSPS) is 18.6. The minimum absolute atomic E-state index is 0.0763. The van der Waals surface area contributed by atoms with Crippen molar-refractivity contribution in [2.45, 2.75) is 31.5 Å². The smallest absolute Gasteiger partial charge is 0.407 e. The number of aliphatic hydroxyl groups excluding tert-OH is 1. The topological polar surface area (TPSA) is 79.2 Å². The molecular formula is C26H29NO5. The molecule has 6 nitrogen and oxygen atoms in total. The van der Waals surface area contributed by atoms with Gasteiger partial charge in [-0.1, -0.05) is 48.5 Å². The predicted molar refractivity (Wildman–Crippen MR) is 123 cm³/mol. The molecule has 1 aliphatic rings. The summed E-state index contributed by atoms with van der Waals surface area (Å²) in [5.74, 6) is 0.831. The molecule has 0 saturated carbocycles. The van der Waals surface area contributed by atoms with Gasteiger partial charge in [0, 0.05) is 25.5 Å². The second-order valence-electron chi connectivity index (χ2n) is 8.15. The quantitative estimate of drug-likeness (QED) is 0.504. The molecule has 4 rings (SSSR count). The molecule has 1 fully saturated rings. The number of piperidine rings is 1. The van der Waals surface area contributed by atoms with Crippen molar-refractivity contribution in [2.75, 3.05) is 26.3 Å². The number of nitrogens with zero attached hydrogens (tertiary/aromatic N) is 1. The molecule has 1 saturated heterocycles. The van der Waals surface area contributed by atoms with Crippen LogP contribution >= 0.6 is 0 Å². The molecular weight excluding hydrogens is 406 g/mol. The summed E-state index contributed by atoms with van der Waals surface area (Å²) in [6, 6.07) is 22.4.